The van der Waals surface area contributed by atoms with Crippen LogP contribution < -0.4 is 4.74 Å². The minimum Gasteiger partial charge on any atom is -0.497 e. The third-order valence-corrected chi connectivity index (χ3v) is 4.52. The Morgan fingerprint density at radius 1 is 1.19 bits per heavy atom. The van der Waals surface area contributed by atoms with Crippen LogP contribution in [-0.2, 0) is 6.54 Å². The van der Waals surface area contributed by atoms with Crippen LogP contribution in [0.15, 0.2) is 47.0 Å². The number of nitrogens with zero attached hydrogens (tertiary/aromatic N) is 3. The van der Waals surface area contributed by atoms with Crippen LogP contribution in [0.4, 0.5) is 0 Å². The van der Waals surface area contributed by atoms with Crippen molar-refractivity contribution in [2.24, 2.45) is 0 Å². The van der Waals surface area contributed by atoms with Crippen molar-refractivity contribution >= 4 is 29.1 Å². The van der Waals surface area contributed by atoms with Crippen LogP contribution in [0.1, 0.15) is 23.2 Å². The number of halogens is 2. The maximum atomic E-state index is 12.8. The number of rotatable bonds is 6. The summed E-state index contributed by atoms with van der Waals surface area (Å²) in [5.41, 5.74) is 1.17. The SMILES string of the molecule is CCN(Cc1nc(-c2ccc(OC)cc2)no1)C(=O)c1ccc(Cl)cc1Cl. The van der Waals surface area contributed by atoms with E-state index in [-0.39, 0.29) is 12.5 Å². The normalized spacial score (nSPS) is 10.7. The maximum absolute atomic E-state index is 12.8. The zero-order valence-electron chi connectivity index (χ0n) is 14.8. The highest BCUT2D eigenvalue weighted by Crippen LogP contribution is 2.24. The summed E-state index contributed by atoms with van der Waals surface area (Å²) in [7, 11) is 1.60. The molecule has 0 N–H and O–H groups in total. The molecule has 0 radical (unpaired) electrons. The topological polar surface area (TPSA) is 68.5 Å². The Morgan fingerprint density at radius 2 is 1.93 bits per heavy atom. The molecule has 2 aromatic carbocycles. The van der Waals surface area contributed by atoms with Crippen LogP contribution in [0.3, 0.4) is 0 Å². The molecule has 0 saturated carbocycles. The number of carbonyl (C=O) groups excluding carboxylic acids is 1. The van der Waals surface area contributed by atoms with Gasteiger partial charge in [-0.15, -0.1) is 0 Å². The molecule has 3 aromatic rings. The summed E-state index contributed by atoms with van der Waals surface area (Å²) in [6.45, 7) is 2.50. The second-order valence-electron chi connectivity index (χ2n) is 5.68. The Morgan fingerprint density at radius 3 is 2.56 bits per heavy atom. The number of amides is 1. The predicted octanol–water partition coefficient (Wildman–Crippen LogP) is 4.71. The summed E-state index contributed by atoms with van der Waals surface area (Å²) in [5, 5.41) is 4.76. The molecule has 27 heavy (non-hydrogen) atoms. The van der Waals surface area contributed by atoms with Gasteiger partial charge in [0.1, 0.15) is 12.3 Å². The number of aromatic nitrogens is 2. The highest BCUT2D eigenvalue weighted by atomic mass is 35.5. The molecular formula is C19H17Cl2N3O3. The monoisotopic (exact) mass is 405 g/mol. The third-order valence-electron chi connectivity index (χ3n) is 3.97. The van der Waals surface area contributed by atoms with E-state index in [0.717, 1.165) is 11.3 Å². The standard InChI is InChI=1S/C19H17Cl2N3O3/c1-3-24(19(25)15-9-6-13(20)10-16(15)21)11-17-22-18(23-27-17)12-4-7-14(26-2)8-5-12/h4-10H,3,11H2,1-2H3. The smallest absolute Gasteiger partial charge is 0.255 e. The summed E-state index contributed by atoms with van der Waals surface area (Å²) in [6, 6.07) is 12.1. The molecule has 1 aromatic heterocycles. The van der Waals surface area contributed by atoms with E-state index in [9.17, 15) is 4.79 Å². The van der Waals surface area contributed by atoms with Gasteiger partial charge in [0.05, 0.1) is 17.7 Å². The fraction of sp³-hybridized carbons (Fsp3) is 0.211. The van der Waals surface area contributed by atoms with E-state index in [1.165, 1.54) is 0 Å². The van der Waals surface area contributed by atoms with E-state index >= 15 is 0 Å². The lowest BCUT2D eigenvalue weighted by molar-refractivity contribution is 0.0734. The van der Waals surface area contributed by atoms with Gasteiger partial charge in [0.2, 0.25) is 11.7 Å². The Labute approximate surface area is 166 Å². The number of hydrogen-bond donors (Lipinski definition) is 0. The molecular weight excluding hydrogens is 389 g/mol. The lowest BCUT2D eigenvalue weighted by atomic mass is 10.2. The summed E-state index contributed by atoms with van der Waals surface area (Å²) >= 11 is 12.0. The van der Waals surface area contributed by atoms with Crippen molar-refractivity contribution in [2.45, 2.75) is 13.5 Å². The van der Waals surface area contributed by atoms with Gasteiger partial charge in [0.15, 0.2) is 0 Å². The van der Waals surface area contributed by atoms with Gasteiger partial charge in [-0.25, -0.2) is 0 Å². The first-order chi connectivity index (χ1) is 13.0. The molecule has 0 saturated heterocycles. The summed E-state index contributed by atoms with van der Waals surface area (Å²) in [6.07, 6.45) is 0. The molecule has 0 aliphatic heterocycles. The molecule has 1 heterocycles. The maximum Gasteiger partial charge on any atom is 0.255 e. The first-order valence-electron chi connectivity index (χ1n) is 8.23. The van der Waals surface area contributed by atoms with Crippen molar-refractivity contribution < 1.29 is 14.1 Å². The molecule has 6 nitrogen and oxygen atoms in total. The van der Waals surface area contributed by atoms with Crippen molar-refractivity contribution in [3.63, 3.8) is 0 Å². The highest BCUT2D eigenvalue weighted by Gasteiger charge is 2.20. The van der Waals surface area contributed by atoms with Crippen LogP contribution in [0, 0.1) is 0 Å². The van der Waals surface area contributed by atoms with E-state index in [4.69, 9.17) is 32.5 Å². The molecule has 0 fully saturated rings. The molecule has 140 valence electrons. The van der Waals surface area contributed by atoms with Gasteiger partial charge >= 0.3 is 0 Å². The third kappa shape index (κ3) is 4.40. The van der Waals surface area contributed by atoms with Gasteiger partial charge in [-0.05, 0) is 49.4 Å². The van der Waals surface area contributed by atoms with Crippen molar-refractivity contribution in [1.29, 1.82) is 0 Å². The largest absolute Gasteiger partial charge is 0.497 e. The van der Waals surface area contributed by atoms with Gasteiger partial charge in [0.25, 0.3) is 5.91 Å². The van der Waals surface area contributed by atoms with Crippen molar-refractivity contribution in [2.75, 3.05) is 13.7 Å². The fourth-order valence-corrected chi connectivity index (χ4v) is 2.99. The molecule has 1 amide bonds. The molecule has 0 unspecified atom stereocenters. The Kier molecular flexibility index (Phi) is 5.98. The Hall–Kier alpha value is -2.57. The van der Waals surface area contributed by atoms with E-state index in [1.807, 2.05) is 31.2 Å². The first kappa shape index (κ1) is 19.2. The molecule has 0 aliphatic rings. The van der Waals surface area contributed by atoms with Crippen molar-refractivity contribution in [3.8, 4) is 17.1 Å². The van der Waals surface area contributed by atoms with E-state index in [2.05, 4.69) is 10.1 Å². The van der Waals surface area contributed by atoms with Crippen molar-refractivity contribution in [3.05, 3.63) is 64.0 Å². The Bertz CT molecular complexity index is 942. The first-order valence-corrected chi connectivity index (χ1v) is 8.98. The lowest BCUT2D eigenvalue weighted by Crippen LogP contribution is -2.30. The second-order valence-corrected chi connectivity index (χ2v) is 6.53. The molecule has 0 bridgehead atoms. The minimum atomic E-state index is -0.233. The van der Waals surface area contributed by atoms with E-state index in [0.29, 0.717) is 33.9 Å². The molecule has 0 spiro atoms. The number of hydrogen-bond acceptors (Lipinski definition) is 5. The van der Waals surface area contributed by atoms with Crippen LogP contribution in [0.2, 0.25) is 10.0 Å². The molecule has 8 heteroatoms. The minimum absolute atomic E-state index is 0.178. The van der Waals surface area contributed by atoms with Crippen LogP contribution in [-0.4, -0.2) is 34.6 Å². The number of methoxy groups -OCH3 is 1. The van der Waals surface area contributed by atoms with E-state index in [1.54, 1.807) is 30.2 Å². The molecule has 3 rings (SSSR count). The molecule has 0 atom stereocenters. The number of carbonyl (C=O) groups is 1. The van der Waals surface area contributed by atoms with Crippen LogP contribution in [0.25, 0.3) is 11.4 Å². The summed E-state index contributed by atoms with van der Waals surface area (Å²) in [4.78, 5) is 18.7. The Balaban J connectivity index is 1.76. The van der Waals surface area contributed by atoms with Crippen LogP contribution in [0.5, 0.6) is 5.75 Å². The van der Waals surface area contributed by atoms with Gasteiger partial charge < -0.3 is 14.2 Å². The van der Waals surface area contributed by atoms with Gasteiger partial charge in [-0.2, -0.15) is 4.98 Å². The molecule has 0 aliphatic carbocycles. The van der Waals surface area contributed by atoms with Gasteiger partial charge in [0, 0.05) is 17.1 Å². The lowest BCUT2D eigenvalue weighted by Gasteiger charge is -2.19. The van der Waals surface area contributed by atoms with Crippen LogP contribution >= 0.6 is 23.2 Å². The van der Waals surface area contributed by atoms with Crippen molar-refractivity contribution in [1.82, 2.24) is 15.0 Å². The summed E-state index contributed by atoms with van der Waals surface area (Å²) < 4.78 is 10.4. The van der Waals surface area contributed by atoms with Gasteiger partial charge in [-0.3, -0.25) is 4.79 Å². The predicted molar refractivity (Wildman–Crippen MR) is 103 cm³/mol. The fourth-order valence-electron chi connectivity index (χ4n) is 2.50. The van der Waals surface area contributed by atoms with E-state index < -0.39 is 0 Å². The van der Waals surface area contributed by atoms with Gasteiger partial charge in [-0.1, -0.05) is 28.4 Å². The average molecular weight is 406 g/mol. The highest BCUT2D eigenvalue weighted by molar-refractivity contribution is 6.36. The number of benzene rings is 2. The zero-order valence-corrected chi connectivity index (χ0v) is 16.3. The zero-order chi connectivity index (χ0) is 19.4. The quantitative estimate of drug-likeness (QED) is 0.593. The average Bonchev–Trinajstić information content (AvgIpc) is 3.14. The number of ether oxygens (including phenoxy) is 1. The second kappa shape index (κ2) is 8.41. The summed E-state index contributed by atoms with van der Waals surface area (Å²) in [5.74, 6) is 1.29.